The lowest BCUT2D eigenvalue weighted by Gasteiger charge is -2.24. The molecule has 2 N–H and O–H groups in total. The molecule has 0 bridgehead atoms. The number of hydrogen-bond acceptors (Lipinski definition) is 3. The van der Waals surface area contributed by atoms with E-state index in [9.17, 15) is 0 Å². The van der Waals surface area contributed by atoms with Gasteiger partial charge in [0.25, 0.3) is 0 Å². The molecule has 0 amide bonds. The van der Waals surface area contributed by atoms with Crippen molar-refractivity contribution in [2.24, 2.45) is 0 Å². The van der Waals surface area contributed by atoms with Gasteiger partial charge in [0.1, 0.15) is 5.65 Å². The average Bonchev–Trinajstić information content (AvgIpc) is 3.25. The van der Waals surface area contributed by atoms with Gasteiger partial charge in [-0.3, -0.25) is 0 Å². The maximum Gasteiger partial charge on any atom is 0.139 e. The first-order valence-electron chi connectivity index (χ1n) is 8.96. The van der Waals surface area contributed by atoms with Gasteiger partial charge < -0.3 is 15.0 Å². The molecule has 2 heterocycles. The van der Waals surface area contributed by atoms with Gasteiger partial charge in [-0.1, -0.05) is 18.2 Å². The zero-order valence-electron chi connectivity index (χ0n) is 14.2. The number of rotatable bonds is 5. The minimum Gasteiger partial charge on any atom is -0.379 e. The van der Waals surface area contributed by atoms with Gasteiger partial charge >= 0.3 is 0 Å². The quantitative estimate of drug-likeness (QED) is 0.852. The lowest BCUT2D eigenvalue weighted by atomic mass is 10.1. The Balaban J connectivity index is 1.46. The summed E-state index contributed by atoms with van der Waals surface area (Å²) < 4.78 is 6.27. The minimum atomic E-state index is 0.290. The fourth-order valence-electron chi connectivity index (χ4n) is 3.76. The second kappa shape index (κ2) is 6.81. The molecule has 0 saturated heterocycles. The first-order chi connectivity index (χ1) is 11.8. The van der Waals surface area contributed by atoms with E-state index in [1.165, 1.54) is 28.6 Å². The number of aromatic amines is 1. The molecule has 0 spiro atoms. The number of fused-ring (bicyclic) bond motifs is 1. The van der Waals surface area contributed by atoms with Crippen molar-refractivity contribution < 1.29 is 4.74 Å². The largest absolute Gasteiger partial charge is 0.379 e. The first kappa shape index (κ1) is 15.5. The molecule has 2 aromatic heterocycles. The van der Waals surface area contributed by atoms with Crippen molar-refractivity contribution in [3.63, 3.8) is 0 Å². The van der Waals surface area contributed by atoms with Crippen LogP contribution in [0.2, 0.25) is 0 Å². The van der Waals surface area contributed by atoms with Crippen molar-refractivity contribution in [1.82, 2.24) is 9.97 Å². The van der Waals surface area contributed by atoms with Crippen LogP contribution < -0.4 is 5.32 Å². The second-order valence-corrected chi connectivity index (χ2v) is 6.88. The van der Waals surface area contributed by atoms with E-state index in [-0.39, 0.29) is 0 Å². The molecule has 2 atom stereocenters. The Kier molecular flexibility index (Phi) is 4.39. The number of aromatic nitrogens is 2. The number of anilines is 1. The normalized spacial score (nSPS) is 23.6. The summed E-state index contributed by atoms with van der Waals surface area (Å²) in [6, 6.07) is 2.48. The summed E-state index contributed by atoms with van der Waals surface area (Å²) in [5, 5.41) is 4.93. The van der Waals surface area contributed by atoms with Gasteiger partial charge in [0.05, 0.1) is 18.8 Å². The van der Waals surface area contributed by atoms with Crippen molar-refractivity contribution in [1.29, 1.82) is 0 Å². The highest BCUT2D eigenvalue weighted by Crippen LogP contribution is 2.31. The summed E-state index contributed by atoms with van der Waals surface area (Å²) in [7, 11) is 0. The molecule has 4 heteroatoms. The van der Waals surface area contributed by atoms with Gasteiger partial charge in [-0.2, -0.15) is 0 Å². The Morgan fingerprint density at radius 2 is 2.33 bits per heavy atom. The SMILES string of the molecule is Cc1cnc2[nH]ccc2c1N[C@@H]1CCC[C@H]1OCC1=CC=CCC1. The molecule has 4 nitrogen and oxygen atoms in total. The lowest BCUT2D eigenvalue weighted by molar-refractivity contribution is 0.0670. The van der Waals surface area contributed by atoms with Gasteiger partial charge in [0.2, 0.25) is 0 Å². The molecule has 0 aliphatic heterocycles. The Labute approximate surface area is 143 Å². The molecule has 2 aliphatic carbocycles. The predicted octanol–water partition coefficient (Wildman–Crippen LogP) is 4.50. The number of hydrogen-bond donors (Lipinski definition) is 2. The monoisotopic (exact) mass is 323 g/mol. The van der Waals surface area contributed by atoms with Crippen LogP contribution in [0.3, 0.4) is 0 Å². The number of nitrogens with one attached hydrogen (secondary N) is 2. The third-order valence-corrected chi connectivity index (χ3v) is 5.14. The summed E-state index contributed by atoms with van der Waals surface area (Å²) >= 11 is 0. The van der Waals surface area contributed by atoms with E-state index in [0.29, 0.717) is 12.1 Å². The van der Waals surface area contributed by atoms with Crippen molar-refractivity contribution in [3.8, 4) is 0 Å². The topological polar surface area (TPSA) is 49.9 Å². The van der Waals surface area contributed by atoms with Gasteiger partial charge in [0.15, 0.2) is 0 Å². The summed E-state index contributed by atoms with van der Waals surface area (Å²) in [5.74, 6) is 0. The van der Waals surface area contributed by atoms with Gasteiger partial charge in [-0.05, 0) is 56.2 Å². The molecular formula is C20H25N3O. The minimum absolute atomic E-state index is 0.290. The molecular weight excluding hydrogens is 298 g/mol. The number of H-pyrrole nitrogens is 1. The predicted molar refractivity (Wildman–Crippen MR) is 98.3 cm³/mol. The summed E-state index contributed by atoms with van der Waals surface area (Å²) in [6.45, 7) is 2.88. The Morgan fingerprint density at radius 3 is 3.21 bits per heavy atom. The molecule has 0 aromatic carbocycles. The summed E-state index contributed by atoms with van der Waals surface area (Å²) in [4.78, 5) is 7.65. The van der Waals surface area contributed by atoms with E-state index >= 15 is 0 Å². The third kappa shape index (κ3) is 3.11. The van der Waals surface area contributed by atoms with E-state index in [2.05, 4.69) is 46.5 Å². The van der Waals surface area contributed by atoms with Crippen LogP contribution in [-0.2, 0) is 4.74 Å². The Morgan fingerprint density at radius 1 is 1.38 bits per heavy atom. The van der Waals surface area contributed by atoms with E-state index in [4.69, 9.17) is 4.74 Å². The number of aryl methyl sites for hydroxylation is 1. The zero-order valence-corrected chi connectivity index (χ0v) is 14.2. The Bertz CT molecular complexity index is 774. The van der Waals surface area contributed by atoms with E-state index in [0.717, 1.165) is 37.9 Å². The van der Waals surface area contributed by atoms with Crippen LogP contribution in [0.25, 0.3) is 11.0 Å². The zero-order chi connectivity index (χ0) is 16.4. The molecule has 126 valence electrons. The van der Waals surface area contributed by atoms with Gasteiger partial charge in [-0.25, -0.2) is 4.98 Å². The third-order valence-electron chi connectivity index (χ3n) is 5.14. The first-order valence-corrected chi connectivity index (χ1v) is 8.96. The van der Waals surface area contributed by atoms with E-state index in [1.807, 2.05) is 12.4 Å². The maximum absolute atomic E-state index is 6.27. The maximum atomic E-state index is 6.27. The highest BCUT2D eigenvalue weighted by Gasteiger charge is 2.29. The van der Waals surface area contributed by atoms with Crippen LogP contribution in [-0.4, -0.2) is 28.7 Å². The number of nitrogens with zero attached hydrogens (tertiary/aromatic N) is 1. The van der Waals surface area contributed by atoms with Crippen LogP contribution in [0, 0.1) is 6.92 Å². The van der Waals surface area contributed by atoms with Gasteiger partial charge in [-0.15, -0.1) is 0 Å². The van der Waals surface area contributed by atoms with Crippen LogP contribution in [0.1, 0.15) is 37.7 Å². The van der Waals surface area contributed by atoms with Crippen LogP contribution in [0.5, 0.6) is 0 Å². The van der Waals surface area contributed by atoms with E-state index < -0.39 is 0 Å². The summed E-state index contributed by atoms with van der Waals surface area (Å²) in [6.07, 6.45) is 16.6. The van der Waals surface area contributed by atoms with E-state index in [1.54, 1.807) is 0 Å². The average molecular weight is 323 g/mol. The molecule has 2 aliphatic rings. The molecule has 1 fully saturated rings. The molecule has 1 saturated carbocycles. The number of pyridine rings is 1. The fourth-order valence-corrected chi connectivity index (χ4v) is 3.76. The summed E-state index contributed by atoms with van der Waals surface area (Å²) in [5.41, 5.74) is 4.74. The van der Waals surface area contributed by atoms with Crippen molar-refractivity contribution in [3.05, 3.63) is 47.8 Å². The Hall–Kier alpha value is -2.07. The molecule has 0 unspecified atom stereocenters. The molecule has 2 aromatic rings. The number of allylic oxidation sites excluding steroid dienone is 3. The van der Waals surface area contributed by atoms with Gasteiger partial charge in [0, 0.05) is 23.5 Å². The molecule has 24 heavy (non-hydrogen) atoms. The van der Waals surface area contributed by atoms with Crippen molar-refractivity contribution in [2.75, 3.05) is 11.9 Å². The fraction of sp³-hybridized carbons (Fsp3) is 0.450. The standard InChI is InChI=1S/C20H25N3O/c1-14-12-22-20-16(10-11-21-20)19(14)23-17-8-5-9-18(17)24-13-15-6-3-2-4-7-15/h2-3,6,10-12,17-18H,4-5,7-9,13H2,1H3,(H2,21,22,23)/t17-,18-/m1/s1. The smallest absolute Gasteiger partial charge is 0.139 e. The molecule has 0 radical (unpaired) electrons. The highest BCUT2D eigenvalue weighted by atomic mass is 16.5. The lowest BCUT2D eigenvalue weighted by Crippen LogP contribution is -2.31. The van der Waals surface area contributed by atoms with Crippen molar-refractivity contribution in [2.45, 2.75) is 51.2 Å². The van der Waals surface area contributed by atoms with Crippen LogP contribution >= 0.6 is 0 Å². The number of ether oxygens (including phenoxy) is 1. The highest BCUT2D eigenvalue weighted by molar-refractivity contribution is 5.91. The van der Waals surface area contributed by atoms with Crippen LogP contribution in [0.15, 0.2) is 42.3 Å². The molecule has 4 rings (SSSR count). The van der Waals surface area contributed by atoms with Crippen molar-refractivity contribution >= 4 is 16.7 Å². The van der Waals surface area contributed by atoms with Crippen LogP contribution in [0.4, 0.5) is 5.69 Å². The second-order valence-electron chi connectivity index (χ2n) is 6.88.